The highest BCUT2D eigenvalue weighted by molar-refractivity contribution is 9.10. The van der Waals surface area contributed by atoms with Gasteiger partial charge in [0.1, 0.15) is 5.75 Å². The monoisotopic (exact) mass is 478 g/mol. The Hall–Kier alpha value is -2.42. The molecule has 0 spiro atoms. The van der Waals surface area contributed by atoms with Gasteiger partial charge in [0.15, 0.2) is 0 Å². The molecule has 1 aliphatic rings. The Labute approximate surface area is 185 Å². The van der Waals surface area contributed by atoms with E-state index in [1.54, 1.807) is 7.11 Å². The van der Waals surface area contributed by atoms with Gasteiger partial charge in [-0.15, -0.1) is 0 Å². The number of halogens is 1. The zero-order chi connectivity index (χ0) is 22.1. The zero-order valence-corrected chi connectivity index (χ0v) is 18.8. The molecular weight excluding hydrogens is 452 g/mol. The Morgan fingerprint density at radius 2 is 1.37 bits per heavy atom. The molecule has 162 valence electrons. The summed E-state index contributed by atoms with van der Waals surface area (Å²) in [7, 11) is 1.70. The summed E-state index contributed by atoms with van der Waals surface area (Å²) in [6.45, 7) is 8.70. The lowest BCUT2D eigenvalue weighted by molar-refractivity contribution is -0.159. The van der Waals surface area contributed by atoms with Gasteiger partial charge in [-0.1, -0.05) is 35.9 Å². The first-order valence-electron chi connectivity index (χ1n) is 9.57. The first-order chi connectivity index (χ1) is 14.3. The van der Waals surface area contributed by atoms with E-state index in [1.807, 2.05) is 6.07 Å². The number of benzene rings is 2. The molecule has 2 aromatic carbocycles. The van der Waals surface area contributed by atoms with Crippen LogP contribution in [-0.4, -0.2) is 65.2 Å². The highest BCUT2D eigenvalue weighted by atomic mass is 79.9. The summed E-state index contributed by atoms with van der Waals surface area (Å²) in [5.74, 6) is -2.76. The van der Waals surface area contributed by atoms with Gasteiger partial charge in [0, 0.05) is 39.3 Å². The van der Waals surface area contributed by atoms with Crippen LogP contribution in [0.5, 0.6) is 5.75 Å². The van der Waals surface area contributed by atoms with Gasteiger partial charge < -0.3 is 14.9 Å². The van der Waals surface area contributed by atoms with Crippen molar-refractivity contribution < 1.29 is 24.5 Å². The molecular formula is C22H27BrN2O5. The first-order valence-corrected chi connectivity index (χ1v) is 10.4. The minimum Gasteiger partial charge on any atom is -0.496 e. The summed E-state index contributed by atoms with van der Waals surface area (Å²) in [5.41, 5.74) is 4.07. The molecule has 0 radical (unpaired) electrons. The van der Waals surface area contributed by atoms with Crippen LogP contribution in [0.25, 0.3) is 0 Å². The molecule has 1 fully saturated rings. The maximum absolute atomic E-state index is 9.10. The lowest BCUT2D eigenvalue weighted by Crippen LogP contribution is -2.45. The fourth-order valence-electron chi connectivity index (χ4n) is 3.12. The molecule has 2 N–H and O–H groups in total. The van der Waals surface area contributed by atoms with Gasteiger partial charge in [0.2, 0.25) is 0 Å². The van der Waals surface area contributed by atoms with E-state index >= 15 is 0 Å². The fraction of sp³-hybridized carbons (Fsp3) is 0.364. The number of rotatable bonds is 5. The molecule has 3 rings (SSSR count). The van der Waals surface area contributed by atoms with Gasteiger partial charge in [-0.2, -0.15) is 0 Å². The molecule has 2 aromatic rings. The third kappa shape index (κ3) is 7.78. The van der Waals surface area contributed by atoms with Gasteiger partial charge in [-0.25, -0.2) is 9.59 Å². The van der Waals surface area contributed by atoms with Crippen LogP contribution in [0.2, 0.25) is 0 Å². The molecule has 0 atom stereocenters. The van der Waals surface area contributed by atoms with Crippen molar-refractivity contribution in [3.63, 3.8) is 0 Å². The van der Waals surface area contributed by atoms with Crippen LogP contribution in [0.1, 0.15) is 16.7 Å². The van der Waals surface area contributed by atoms with Crippen molar-refractivity contribution in [1.29, 1.82) is 0 Å². The maximum atomic E-state index is 9.10. The number of aryl methyl sites for hydroxylation is 1. The topological polar surface area (TPSA) is 90.3 Å². The van der Waals surface area contributed by atoms with Crippen molar-refractivity contribution in [1.82, 2.24) is 9.80 Å². The normalized spacial score (nSPS) is 14.5. The Bertz CT molecular complexity index is 837. The molecule has 0 aliphatic carbocycles. The minimum atomic E-state index is -1.82. The number of ether oxygens (including phenoxy) is 1. The Morgan fingerprint density at radius 3 is 1.80 bits per heavy atom. The third-order valence-corrected chi connectivity index (χ3v) is 5.42. The standard InChI is InChI=1S/C20H25BrN2O.C2H2O4/c1-16-3-5-17(6-4-16)14-22-9-11-23(12-10-22)15-18-7-8-20(24-2)19(21)13-18;3-1(4)2(5)6/h3-8,13H,9-12,14-15H2,1-2H3;(H,3,4)(H,5,6). The lowest BCUT2D eigenvalue weighted by Gasteiger charge is -2.34. The summed E-state index contributed by atoms with van der Waals surface area (Å²) in [4.78, 5) is 23.3. The lowest BCUT2D eigenvalue weighted by atomic mass is 10.1. The Balaban J connectivity index is 0.000000469. The van der Waals surface area contributed by atoms with Crippen LogP contribution in [0.3, 0.4) is 0 Å². The molecule has 0 unspecified atom stereocenters. The highest BCUT2D eigenvalue weighted by Crippen LogP contribution is 2.26. The second kappa shape index (κ2) is 11.7. The van der Waals surface area contributed by atoms with E-state index in [0.29, 0.717) is 0 Å². The first kappa shape index (κ1) is 23.9. The van der Waals surface area contributed by atoms with Crippen LogP contribution in [0.15, 0.2) is 46.9 Å². The number of nitrogens with zero attached hydrogens (tertiary/aromatic N) is 2. The predicted molar refractivity (Wildman–Crippen MR) is 118 cm³/mol. The summed E-state index contributed by atoms with van der Waals surface area (Å²) < 4.78 is 6.33. The van der Waals surface area contributed by atoms with E-state index < -0.39 is 11.9 Å². The van der Waals surface area contributed by atoms with E-state index in [9.17, 15) is 0 Å². The molecule has 0 aromatic heterocycles. The molecule has 8 heteroatoms. The Kier molecular flexibility index (Phi) is 9.29. The summed E-state index contributed by atoms with van der Waals surface area (Å²) in [6.07, 6.45) is 0. The quantitative estimate of drug-likeness (QED) is 0.637. The minimum absolute atomic E-state index is 0.890. The number of carbonyl (C=O) groups is 2. The van der Waals surface area contributed by atoms with Crippen molar-refractivity contribution in [3.8, 4) is 5.75 Å². The van der Waals surface area contributed by atoms with Crippen LogP contribution in [-0.2, 0) is 22.7 Å². The molecule has 1 aliphatic heterocycles. The predicted octanol–water partition coefficient (Wildman–Crippen LogP) is 3.24. The second-order valence-corrected chi connectivity index (χ2v) is 7.97. The van der Waals surface area contributed by atoms with Crippen molar-refractivity contribution >= 4 is 27.9 Å². The smallest absolute Gasteiger partial charge is 0.414 e. The van der Waals surface area contributed by atoms with E-state index in [0.717, 1.165) is 49.5 Å². The number of hydrogen-bond donors (Lipinski definition) is 2. The molecule has 30 heavy (non-hydrogen) atoms. The Morgan fingerprint density at radius 1 is 0.900 bits per heavy atom. The summed E-state index contributed by atoms with van der Waals surface area (Å²) in [5, 5.41) is 14.8. The van der Waals surface area contributed by atoms with Gasteiger partial charge >= 0.3 is 11.9 Å². The maximum Gasteiger partial charge on any atom is 0.414 e. The average molecular weight is 479 g/mol. The summed E-state index contributed by atoms with van der Waals surface area (Å²) >= 11 is 3.57. The summed E-state index contributed by atoms with van der Waals surface area (Å²) in [6, 6.07) is 15.3. The van der Waals surface area contributed by atoms with Crippen LogP contribution in [0, 0.1) is 6.92 Å². The van der Waals surface area contributed by atoms with E-state index in [-0.39, 0.29) is 0 Å². The second-order valence-electron chi connectivity index (χ2n) is 7.12. The zero-order valence-electron chi connectivity index (χ0n) is 17.2. The number of carboxylic acids is 2. The fourth-order valence-corrected chi connectivity index (χ4v) is 3.71. The molecule has 1 heterocycles. The largest absolute Gasteiger partial charge is 0.496 e. The SMILES string of the molecule is COc1ccc(CN2CCN(Cc3ccc(C)cc3)CC2)cc1Br.O=C(O)C(=O)O. The van der Waals surface area contributed by atoms with Gasteiger partial charge in [0.05, 0.1) is 11.6 Å². The van der Waals surface area contributed by atoms with Crippen molar-refractivity contribution in [2.75, 3.05) is 33.3 Å². The van der Waals surface area contributed by atoms with E-state index in [1.165, 1.54) is 16.7 Å². The van der Waals surface area contributed by atoms with E-state index in [4.69, 9.17) is 24.5 Å². The van der Waals surface area contributed by atoms with E-state index in [2.05, 4.69) is 69.1 Å². The number of piperazine rings is 1. The van der Waals surface area contributed by atoms with Crippen molar-refractivity contribution in [3.05, 3.63) is 63.6 Å². The molecule has 0 saturated carbocycles. The van der Waals surface area contributed by atoms with Crippen molar-refractivity contribution in [2.24, 2.45) is 0 Å². The molecule has 0 bridgehead atoms. The average Bonchev–Trinajstić information content (AvgIpc) is 2.72. The van der Waals surface area contributed by atoms with Gasteiger partial charge in [-0.3, -0.25) is 9.80 Å². The number of hydrogen-bond acceptors (Lipinski definition) is 5. The number of methoxy groups -OCH3 is 1. The van der Waals surface area contributed by atoms with Crippen LogP contribution < -0.4 is 4.74 Å². The van der Waals surface area contributed by atoms with Crippen LogP contribution in [0.4, 0.5) is 0 Å². The molecule has 7 nitrogen and oxygen atoms in total. The third-order valence-electron chi connectivity index (χ3n) is 4.80. The molecule has 0 amide bonds. The van der Waals surface area contributed by atoms with Gasteiger partial charge in [0.25, 0.3) is 0 Å². The van der Waals surface area contributed by atoms with Crippen LogP contribution >= 0.6 is 15.9 Å². The molecule has 1 saturated heterocycles. The van der Waals surface area contributed by atoms with Gasteiger partial charge in [-0.05, 0) is 46.1 Å². The van der Waals surface area contributed by atoms with Crippen molar-refractivity contribution in [2.45, 2.75) is 20.0 Å². The highest BCUT2D eigenvalue weighted by Gasteiger charge is 2.17. The number of aliphatic carboxylic acids is 2. The number of carboxylic acid groups (broad SMARTS) is 2.